The molecule has 1 aromatic carbocycles. The van der Waals surface area contributed by atoms with Gasteiger partial charge in [0.15, 0.2) is 5.13 Å². The average Bonchev–Trinajstić information content (AvgIpc) is 3.15. The Morgan fingerprint density at radius 2 is 2.03 bits per heavy atom. The zero-order valence-corrected chi connectivity index (χ0v) is 19.2. The predicted molar refractivity (Wildman–Crippen MR) is 122 cm³/mol. The summed E-state index contributed by atoms with van der Waals surface area (Å²) in [5, 5.41) is 14.2. The number of likely N-dealkylation sites (tertiary alicyclic amines) is 1. The second-order valence-electron chi connectivity index (χ2n) is 8.89. The van der Waals surface area contributed by atoms with Crippen LogP contribution in [0.15, 0.2) is 35.7 Å². The SMILES string of the molecule is CC(C)(C)OC(=O)Nc1nc(C2CC(c3ccccc3)CCN2CCCC(=O)O)cs1. The Balaban J connectivity index is 1.73. The van der Waals surface area contributed by atoms with Gasteiger partial charge >= 0.3 is 12.1 Å². The number of piperidine rings is 1. The molecular weight excluding hydrogens is 414 g/mol. The summed E-state index contributed by atoms with van der Waals surface area (Å²) in [5.41, 5.74) is 1.66. The molecule has 1 aliphatic rings. The van der Waals surface area contributed by atoms with E-state index in [1.807, 2.05) is 32.2 Å². The third-order valence-corrected chi connectivity index (χ3v) is 6.07. The molecule has 3 rings (SSSR count). The third-order valence-electron chi connectivity index (χ3n) is 5.29. The molecule has 0 aliphatic carbocycles. The lowest BCUT2D eigenvalue weighted by Crippen LogP contribution is -2.37. The Hall–Kier alpha value is -2.45. The van der Waals surface area contributed by atoms with Gasteiger partial charge in [-0.2, -0.15) is 0 Å². The number of carboxylic acids is 1. The summed E-state index contributed by atoms with van der Waals surface area (Å²) in [5.74, 6) is -0.348. The highest BCUT2D eigenvalue weighted by atomic mass is 32.1. The minimum Gasteiger partial charge on any atom is -0.481 e. The molecule has 7 nitrogen and oxygen atoms in total. The fraction of sp³-hybridized carbons (Fsp3) is 0.522. The number of hydrogen-bond acceptors (Lipinski definition) is 6. The molecule has 2 N–H and O–H groups in total. The number of rotatable bonds is 7. The summed E-state index contributed by atoms with van der Waals surface area (Å²) in [6.45, 7) is 7.06. The number of aromatic nitrogens is 1. The Morgan fingerprint density at radius 1 is 1.29 bits per heavy atom. The van der Waals surface area contributed by atoms with Gasteiger partial charge in [-0.25, -0.2) is 9.78 Å². The molecular formula is C23H31N3O4S. The van der Waals surface area contributed by atoms with E-state index >= 15 is 0 Å². The Bertz CT molecular complexity index is 878. The zero-order chi connectivity index (χ0) is 22.4. The number of amides is 1. The monoisotopic (exact) mass is 445 g/mol. The summed E-state index contributed by atoms with van der Waals surface area (Å²) in [6, 6.07) is 10.6. The van der Waals surface area contributed by atoms with Crippen molar-refractivity contribution in [3.63, 3.8) is 0 Å². The molecule has 8 heteroatoms. The Kier molecular flexibility index (Phi) is 7.67. The molecule has 0 bridgehead atoms. The van der Waals surface area contributed by atoms with Crippen LogP contribution in [0.4, 0.5) is 9.93 Å². The van der Waals surface area contributed by atoms with Gasteiger partial charge in [0, 0.05) is 11.8 Å². The number of carboxylic acid groups (broad SMARTS) is 1. The molecule has 168 valence electrons. The maximum atomic E-state index is 12.1. The van der Waals surface area contributed by atoms with E-state index in [0.717, 1.165) is 25.1 Å². The van der Waals surface area contributed by atoms with Crippen LogP contribution in [0.2, 0.25) is 0 Å². The van der Waals surface area contributed by atoms with Crippen LogP contribution in [-0.4, -0.2) is 45.7 Å². The number of nitrogens with one attached hydrogen (secondary N) is 1. The van der Waals surface area contributed by atoms with E-state index < -0.39 is 17.7 Å². The molecule has 0 radical (unpaired) electrons. The molecule has 31 heavy (non-hydrogen) atoms. The molecule has 1 saturated heterocycles. The second-order valence-corrected chi connectivity index (χ2v) is 9.74. The molecule has 2 heterocycles. The van der Waals surface area contributed by atoms with E-state index in [2.05, 4.69) is 39.5 Å². The van der Waals surface area contributed by atoms with Crippen molar-refractivity contribution in [2.24, 2.45) is 0 Å². The first-order chi connectivity index (χ1) is 14.7. The fourth-order valence-corrected chi connectivity index (χ4v) is 4.68. The maximum Gasteiger partial charge on any atom is 0.413 e. The Morgan fingerprint density at radius 3 is 2.71 bits per heavy atom. The maximum absolute atomic E-state index is 12.1. The lowest BCUT2D eigenvalue weighted by atomic mass is 9.84. The van der Waals surface area contributed by atoms with Crippen molar-refractivity contribution in [2.45, 2.75) is 64.0 Å². The van der Waals surface area contributed by atoms with Crippen LogP contribution in [0.25, 0.3) is 0 Å². The standard InChI is InChI=1S/C23H31N3O4S/c1-23(2,3)30-22(29)25-21-24-18(15-31-21)19-14-17(16-8-5-4-6-9-16)11-13-26(19)12-7-10-20(27)28/h4-6,8-9,15,17,19H,7,10-14H2,1-3H3,(H,27,28)(H,24,25,29). The van der Waals surface area contributed by atoms with Gasteiger partial charge in [0.25, 0.3) is 0 Å². The highest BCUT2D eigenvalue weighted by molar-refractivity contribution is 7.13. The van der Waals surface area contributed by atoms with Crippen molar-refractivity contribution in [2.75, 3.05) is 18.4 Å². The van der Waals surface area contributed by atoms with Crippen molar-refractivity contribution >= 4 is 28.5 Å². The van der Waals surface area contributed by atoms with Gasteiger partial charge in [-0.15, -0.1) is 11.3 Å². The fourth-order valence-electron chi connectivity index (χ4n) is 3.94. The van der Waals surface area contributed by atoms with E-state index in [1.165, 1.54) is 16.9 Å². The van der Waals surface area contributed by atoms with Crippen molar-refractivity contribution < 1.29 is 19.4 Å². The number of anilines is 1. The van der Waals surface area contributed by atoms with Gasteiger partial charge in [0.1, 0.15) is 5.60 Å². The second kappa shape index (κ2) is 10.2. The molecule has 0 spiro atoms. The van der Waals surface area contributed by atoms with Crippen molar-refractivity contribution in [1.82, 2.24) is 9.88 Å². The lowest BCUT2D eigenvalue weighted by Gasteiger charge is -2.39. The van der Waals surface area contributed by atoms with Gasteiger partial charge in [0.05, 0.1) is 11.7 Å². The van der Waals surface area contributed by atoms with Gasteiger partial charge in [-0.1, -0.05) is 30.3 Å². The topological polar surface area (TPSA) is 91.8 Å². The van der Waals surface area contributed by atoms with Crippen LogP contribution in [0.5, 0.6) is 0 Å². The molecule has 2 aromatic rings. The molecule has 0 saturated carbocycles. The Labute approximate surface area is 187 Å². The molecule has 1 amide bonds. The summed E-state index contributed by atoms with van der Waals surface area (Å²) in [4.78, 5) is 30.0. The van der Waals surface area contributed by atoms with Gasteiger partial charge in [0.2, 0.25) is 0 Å². The molecule has 1 fully saturated rings. The normalized spacial score (nSPS) is 19.7. The largest absolute Gasteiger partial charge is 0.481 e. The third kappa shape index (κ3) is 7.04. The van der Waals surface area contributed by atoms with E-state index in [0.29, 0.717) is 24.0 Å². The average molecular weight is 446 g/mol. The number of aliphatic carboxylic acids is 1. The number of ether oxygens (including phenoxy) is 1. The molecule has 1 aliphatic heterocycles. The minimum atomic E-state index is -0.770. The summed E-state index contributed by atoms with van der Waals surface area (Å²) >= 11 is 1.38. The summed E-state index contributed by atoms with van der Waals surface area (Å²) in [6.07, 6.45) is 2.19. The number of nitrogens with zero attached hydrogens (tertiary/aromatic N) is 2. The van der Waals surface area contributed by atoms with Crippen LogP contribution in [-0.2, 0) is 9.53 Å². The van der Waals surface area contributed by atoms with E-state index in [-0.39, 0.29) is 12.5 Å². The lowest BCUT2D eigenvalue weighted by molar-refractivity contribution is -0.137. The highest BCUT2D eigenvalue weighted by Gasteiger charge is 2.32. The van der Waals surface area contributed by atoms with Gasteiger partial charge < -0.3 is 9.84 Å². The van der Waals surface area contributed by atoms with Crippen molar-refractivity contribution in [3.05, 3.63) is 47.0 Å². The quantitative estimate of drug-likeness (QED) is 0.603. The number of hydrogen-bond donors (Lipinski definition) is 2. The van der Waals surface area contributed by atoms with E-state index in [9.17, 15) is 9.59 Å². The predicted octanol–water partition coefficient (Wildman–Crippen LogP) is 5.28. The first-order valence-electron chi connectivity index (χ1n) is 10.7. The summed E-state index contributed by atoms with van der Waals surface area (Å²) < 4.78 is 5.32. The summed E-state index contributed by atoms with van der Waals surface area (Å²) in [7, 11) is 0. The smallest absolute Gasteiger partial charge is 0.413 e. The number of thiazole rings is 1. The minimum absolute atomic E-state index is 0.0817. The molecule has 2 unspecified atom stereocenters. The zero-order valence-electron chi connectivity index (χ0n) is 18.3. The number of carbonyl (C=O) groups is 2. The van der Waals surface area contributed by atoms with Crippen LogP contribution in [0.1, 0.15) is 69.7 Å². The highest BCUT2D eigenvalue weighted by Crippen LogP contribution is 2.40. The number of carbonyl (C=O) groups excluding carboxylic acids is 1. The van der Waals surface area contributed by atoms with Gasteiger partial charge in [-0.05, 0) is 64.6 Å². The first-order valence-corrected chi connectivity index (χ1v) is 11.6. The van der Waals surface area contributed by atoms with Gasteiger partial charge in [-0.3, -0.25) is 15.0 Å². The van der Waals surface area contributed by atoms with Crippen LogP contribution < -0.4 is 5.32 Å². The van der Waals surface area contributed by atoms with E-state index in [1.54, 1.807) is 0 Å². The molecule has 2 atom stereocenters. The first kappa shape index (κ1) is 23.2. The molecule has 1 aromatic heterocycles. The van der Waals surface area contributed by atoms with Crippen molar-refractivity contribution in [3.8, 4) is 0 Å². The van der Waals surface area contributed by atoms with E-state index in [4.69, 9.17) is 9.84 Å². The van der Waals surface area contributed by atoms with Crippen molar-refractivity contribution in [1.29, 1.82) is 0 Å². The number of benzene rings is 1. The van der Waals surface area contributed by atoms with Crippen LogP contribution >= 0.6 is 11.3 Å². The van der Waals surface area contributed by atoms with Crippen LogP contribution in [0.3, 0.4) is 0 Å². The van der Waals surface area contributed by atoms with Crippen LogP contribution in [0, 0.1) is 0 Å².